The van der Waals surface area contributed by atoms with E-state index in [2.05, 4.69) is 10.6 Å². The van der Waals surface area contributed by atoms with Gasteiger partial charge in [0.15, 0.2) is 0 Å². The largest absolute Gasteiger partial charge is 0.495 e. The molecule has 0 saturated carbocycles. The lowest BCUT2D eigenvalue weighted by Gasteiger charge is -2.22. The predicted octanol–water partition coefficient (Wildman–Crippen LogP) is 1.65. The van der Waals surface area contributed by atoms with Gasteiger partial charge in [0.25, 0.3) is 0 Å². The molecule has 1 aliphatic heterocycles. The number of carbonyl (C=O) groups is 1. The summed E-state index contributed by atoms with van der Waals surface area (Å²) in [5.74, 6) is 1.07. The number of methoxy groups -OCH3 is 1. The molecule has 1 aromatic carbocycles. The van der Waals surface area contributed by atoms with Crippen LogP contribution in [0, 0.1) is 5.92 Å². The van der Waals surface area contributed by atoms with E-state index in [1.807, 2.05) is 24.3 Å². The van der Waals surface area contributed by atoms with Crippen molar-refractivity contribution in [1.29, 1.82) is 0 Å². The van der Waals surface area contributed by atoms with Crippen LogP contribution in [0.1, 0.15) is 12.8 Å². The lowest BCUT2D eigenvalue weighted by Crippen LogP contribution is -2.30. The number of piperidine rings is 1. The number of hydrogen-bond acceptors (Lipinski definition) is 4. The lowest BCUT2D eigenvalue weighted by atomic mass is 9.99. The molecule has 1 fully saturated rings. The zero-order valence-corrected chi connectivity index (χ0v) is 11.9. The average molecular weight is 278 g/mol. The van der Waals surface area contributed by atoms with E-state index in [0.29, 0.717) is 24.0 Å². The molecule has 2 rings (SSSR count). The van der Waals surface area contributed by atoms with Gasteiger partial charge in [-0.2, -0.15) is 0 Å². The van der Waals surface area contributed by atoms with E-state index >= 15 is 0 Å². The first-order chi connectivity index (χ1) is 9.79. The number of benzene rings is 1. The molecule has 0 atom stereocenters. The Hall–Kier alpha value is -1.59. The third-order valence-electron chi connectivity index (χ3n) is 3.43. The third-order valence-corrected chi connectivity index (χ3v) is 3.43. The number of ether oxygens (including phenoxy) is 2. The fraction of sp³-hybridized carbons (Fsp3) is 0.533. The van der Waals surface area contributed by atoms with Crippen LogP contribution in [0.5, 0.6) is 5.75 Å². The first-order valence-corrected chi connectivity index (χ1v) is 7.01. The fourth-order valence-electron chi connectivity index (χ4n) is 2.30. The van der Waals surface area contributed by atoms with Crippen molar-refractivity contribution in [3.63, 3.8) is 0 Å². The molecule has 1 aromatic rings. The summed E-state index contributed by atoms with van der Waals surface area (Å²) in [6.45, 7) is 2.83. The fourth-order valence-corrected chi connectivity index (χ4v) is 2.30. The normalized spacial score (nSPS) is 15.8. The zero-order chi connectivity index (χ0) is 14.2. The van der Waals surface area contributed by atoms with Gasteiger partial charge >= 0.3 is 0 Å². The summed E-state index contributed by atoms with van der Waals surface area (Å²) in [5.41, 5.74) is 0.672. The first kappa shape index (κ1) is 14.8. The van der Waals surface area contributed by atoms with Crippen LogP contribution in [0.4, 0.5) is 5.69 Å². The molecule has 2 N–H and O–H groups in total. The quantitative estimate of drug-likeness (QED) is 0.830. The Balaban J connectivity index is 1.72. The van der Waals surface area contributed by atoms with Crippen molar-refractivity contribution in [2.75, 3.05) is 38.7 Å². The van der Waals surface area contributed by atoms with Crippen LogP contribution >= 0.6 is 0 Å². The van der Waals surface area contributed by atoms with Gasteiger partial charge in [0.1, 0.15) is 12.4 Å². The molecule has 1 amide bonds. The summed E-state index contributed by atoms with van der Waals surface area (Å²) in [5, 5.41) is 6.11. The van der Waals surface area contributed by atoms with Crippen molar-refractivity contribution in [3.8, 4) is 5.75 Å². The van der Waals surface area contributed by atoms with Crippen LogP contribution in [-0.4, -0.2) is 39.3 Å². The minimum atomic E-state index is -0.150. The molecular weight excluding hydrogens is 256 g/mol. The van der Waals surface area contributed by atoms with E-state index in [9.17, 15) is 4.79 Å². The molecule has 0 aromatic heterocycles. The van der Waals surface area contributed by atoms with Crippen molar-refractivity contribution < 1.29 is 14.3 Å². The summed E-state index contributed by atoms with van der Waals surface area (Å²) in [4.78, 5) is 11.8. The first-order valence-electron chi connectivity index (χ1n) is 7.01. The number of hydrogen-bond donors (Lipinski definition) is 2. The third kappa shape index (κ3) is 4.51. The van der Waals surface area contributed by atoms with E-state index in [-0.39, 0.29) is 12.5 Å². The molecule has 5 heteroatoms. The standard InChI is InChI=1S/C15H22N2O3/c1-19-14-5-3-2-4-13(14)17-15(18)11-20-10-12-6-8-16-9-7-12/h2-5,12,16H,6-11H2,1H3,(H,17,18). The molecule has 0 bridgehead atoms. The number of carbonyl (C=O) groups excluding carboxylic acids is 1. The van der Waals surface area contributed by atoms with Crippen LogP contribution in [-0.2, 0) is 9.53 Å². The molecule has 0 aliphatic carbocycles. The summed E-state index contributed by atoms with van der Waals surface area (Å²) >= 11 is 0. The maximum atomic E-state index is 11.8. The maximum absolute atomic E-state index is 11.8. The van der Waals surface area contributed by atoms with Crippen LogP contribution in [0.15, 0.2) is 24.3 Å². The highest BCUT2D eigenvalue weighted by Gasteiger charge is 2.14. The Kier molecular flexibility index (Phi) is 5.83. The Bertz CT molecular complexity index is 431. The van der Waals surface area contributed by atoms with Gasteiger partial charge in [0.2, 0.25) is 5.91 Å². The van der Waals surface area contributed by atoms with Gasteiger partial charge in [-0.15, -0.1) is 0 Å². The van der Waals surface area contributed by atoms with Gasteiger partial charge < -0.3 is 20.1 Å². The highest BCUT2D eigenvalue weighted by Crippen LogP contribution is 2.22. The van der Waals surface area contributed by atoms with Crippen LogP contribution in [0.2, 0.25) is 0 Å². The van der Waals surface area contributed by atoms with E-state index in [1.54, 1.807) is 7.11 Å². The zero-order valence-electron chi connectivity index (χ0n) is 11.9. The summed E-state index contributed by atoms with van der Waals surface area (Å²) in [7, 11) is 1.58. The number of anilines is 1. The molecule has 1 saturated heterocycles. The molecule has 110 valence electrons. The molecule has 5 nitrogen and oxygen atoms in total. The number of nitrogens with one attached hydrogen (secondary N) is 2. The Morgan fingerprint density at radius 1 is 1.35 bits per heavy atom. The minimum absolute atomic E-state index is 0.0853. The number of para-hydroxylation sites is 2. The molecule has 20 heavy (non-hydrogen) atoms. The number of amides is 1. The molecule has 0 unspecified atom stereocenters. The molecule has 1 heterocycles. The average Bonchev–Trinajstić information content (AvgIpc) is 2.49. The minimum Gasteiger partial charge on any atom is -0.495 e. The SMILES string of the molecule is COc1ccccc1NC(=O)COCC1CCNCC1. The van der Waals surface area contributed by atoms with E-state index in [4.69, 9.17) is 9.47 Å². The van der Waals surface area contributed by atoms with Crippen molar-refractivity contribution in [3.05, 3.63) is 24.3 Å². The Labute approximate surface area is 119 Å². The maximum Gasteiger partial charge on any atom is 0.250 e. The monoisotopic (exact) mass is 278 g/mol. The highest BCUT2D eigenvalue weighted by atomic mass is 16.5. The van der Waals surface area contributed by atoms with Gasteiger partial charge in [0.05, 0.1) is 19.4 Å². The van der Waals surface area contributed by atoms with Crippen molar-refractivity contribution in [2.24, 2.45) is 5.92 Å². The van der Waals surface area contributed by atoms with Crippen LogP contribution < -0.4 is 15.4 Å². The molecular formula is C15H22N2O3. The molecule has 1 aliphatic rings. The highest BCUT2D eigenvalue weighted by molar-refractivity contribution is 5.93. The molecule has 0 radical (unpaired) electrons. The summed E-state index contributed by atoms with van der Waals surface area (Å²) < 4.78 is 10.7. The second-order valence-electron chi connectivity index (χ2n) is 4.96. The van der Waals surface area contributed by atoms with E-state index in [0.717, 1.165) is 25.9 Å². The lowest BCUT2D eigenvalue weighted by molar-refractivity contribution is -0.121. The number of rotatable bonds is 6. The summed E-state index contributed by atoms with van der Waals surface area (Å²) in [6.07, 6.45) is 2.24. The topological polar surface area (TPSA) is 59.6 Å². The molecule has 0 spiro atoms. The van der Waals surface area contributed by atoms with E-state index < -0.39 is 0 Å². The van der Waals surface area contributed by atoms with Gasteiger partial charge in [-0.05, 0) is 44.0 Å². The van der Waals surface area contributed by atoms with Crippen molar-refractivity contribution in [2.45, 2.75) is 12.8 Å². The summed E-state index contributed by atoms with van der Waals surface area (Å²) in [6, 6.07) is 7.34. The smallest absolute Gasteiger partial charge is 0.250 e. The second-order valence-corrected chi connectivity index (χ2v) is 4.96. The Morgan fingerprint density at radius 2 is 2.10 bits per heavy atom. The Morgan fingerprint density at radius 3 is 2.85 bits per heavy atom. The van der Waals surface area contributed by atoms with Gasteiger partial charge in [-0.3, -0.25) is 4.79 Å². The van der Waals surface area contributed by atoms with Crippen molar-refractivity contribution in [1.82, 2.24) is 5.32 Å². The van der Waals surface area contributed by atoms with Crippen LogP contribution in [0.25, 0.3) is 0 Å². The van der Waals surface area contributed by atoms with Gasteiger partial charge in [-0.1, -0.05) is 12.1 Å². The predicted molar refractivity (Wildman–Crippen MR) is 78.0 cm³/mol. The van der Waals surface area contributed by atoms with Crippen LogP contribution in [0.3, 0.4) is 0 Å². The van der Waals surface area contributed by atoms with Crippen molar-refractivity contribution >= 4 is 11.6 Å². The van der Waals surface area contributed by atoms with E-state index in [1.165, 1.54) is 0 Å². The second kappa shape index (κ2) is 7.87. The van der Waals surface area contributed by atoms with Gasteiger partial charge in [0, 0.05) is 0 Å². The van der Waals surface area contributed by atoms with Gasteiger partial charge in [-0.25, -0.2) is 0 Å².